The third kappa shape index (κ3) is 4.28. The number of ether oxygens (including phenoxy) is 1. The van der Waals surface area contributed by atoms with E-state index in [1.165, 1.54) is 29.8 Å². The van der Waals surface area contributed by atoms with Gasteiger partial charge in [-0.3, -0.25) is 4.90 Å². The summed E-state index contributed by atoms with van der Waals surface area (Å²) in [4.78, 5) is 14.8. The van der Waals surface area contributed by atoms with Gasteiger partial charge in [0, 0.05) is 31.5 Å². The third-order valence-electron chi connectivity index (χ3n) is 5.62. The maximum atomic E-state index is 13.0. The van der Waals surface area contributed by atoms with Crippen LogP contribution in [0.3, 0.4) is 0 Å². The summed E-state index contributed by atoms with van der Waals surface area (Å²) in [6.45, 7) is 0.933. The van der Waals surface area contributed by atoms with E-state index in [2.05, 4.69) is 29.2 Å². The molecule has 0 aromatic heterocycles. The van der Waals surface area contributed by atoms with E-state index >= 15 is 0 Å². The Morgan fingerprint density at radius 3 is 2.37 bits per heavy atom. The number of rotatable bonds is 5. The van der Waals surface area contributed by atoms with Crippen molar-refractivity contribution in [2.24, 2.45) is 0 Å². The topological polar surface area (TPSA) is 29.5 Å². The molecule has 0 amide bonds. The minimum atomic E-state index is -0.350. The molecule has 3 nitrogen and oxygen atoms in total. The lowest BCUT2D eigenvalue weighted by Gasteiger charge is -2.37. The Morgan fingerprint density at radius 1 is 1.04 bits per heavy atom. The van der Waals surface area contributed by atoms with E-state index in [1.54, 1.807) is 0 Å². The summed E-state index contributed by atoms with van der Waals surface area (Å²) in [6.07, 6.45) is 8.43. The van der Waals surface area contributed by atoms with Crippen molar-refractivity contribution in [3.63, 3.8) is 0 Å². The van der Waals surface area contributed by atoms with Gasteiger partial charge >= 0.3 is 5.97 Å². The quantitative estimate of drug-likeness (QED) is 0.720. The van der Waals surface area contributed by atoms with Gasteiger partial charge in [0.1, 0.15) is 11.9 Å². The summed E-state index contributed by atoms with van der Waals surface area (Å²) in [6, 6.07) is 16.8. The molecule has 27 heavy (non-hydrogen) atoms. The SMILES string of the molecule is O=C(OC1CC2CCC(C1)N2CC=Cc1ccccc1)c1ccc(F)cc1. The highest BCUT2D eigenvalue weighted by Crippen LogP contribution is 2.37. The van der Waals surface area contributed by atoms with Gasteiger partial charge in [0.2, 0.25) is 0 Å². The summed E-state index contributed by atoms with van der Waals surface area (Å²) in [5.41, 5.74) is 1.63. The van der Waals surface area contributed by atoms with Crippen molar-refractivity contribution in [1.29, 1.82) is 0 Å². The number of piperidine rings is 1. The van der Waals surface area contributed by atoms with Crippen molar-refractivity contribution in [3.05, 3.63) is 77.6 Å². The van der Waals surface area contributed by atoms with Gasteiger partial charge in [0.25, 0.3) is 0 Å². The number of hydrogen-bond acceptors (Lipinski definition) is 3. The number of esters is 1. The Hall–Kier alpha value is -2.46. The van der Waals surface area contributed by atoms with E-state index in [0.29, 0.717) is 17.6 Å². The minimum Gasteiger partial charge on any atom is -0.459 e. The first kappa shape index (κ1) is 17.9. The molecule has 2 atom stereocenters. The molecule has 0 saturated carbocycles. The molecule has 2 saturated heterocycles. The number of halogens is 1. The van der Waals surface area contributed by atoms with E-state index in [4.69, 9.17) is 4.74 Å². The van der Waals surface area contributed by atoms with E-state index in [-0.39, 0.29) is 17.9 Å². The Bertz CT molecular complexity index is 789. The number of fused-ring (bicyclic) bond motifs is 2. The summed E-state index contributed by atoms with van der Waals surface area (Å²) in [5.74, 6) is -0.696. The highest BCUT2D eigenvalue weighted by Gasteiger charge is 2.41. The molecule has 2 aromatic rings. The molecular weight excluding hydrogens is 341 g/mol. The van der Waals surface area contributed by atoms with Crippen LogP contribution in [-0.4, -0.2) is 35.6 Å². The summed E-state index contributed by atoms with van der Waals surface area (Å²) < 4.78 is 18.7. The molecule has 4 rings (SSSR count). The number of carbonyl (C=O) groups is 1. The van der Waals surface area contributed by atoms with Crippen molar-refractivity contribution in [2.45, 2.75) is 43.9 Å². The zero-order chi connectivity index (χ0) is 18.6. The molecule has 2 fully saturated rings. The number of carbonyl (C=O) groups excluding carboxylic acids is 1. The standard InChI is InChI=1S/C23H24FNO2/c24-19-10-8-18(9-11-19)23(26)27-22-15-20-12-13-21(16-22)25(20)14-4-7-17-5-2-1-3-6-17/h1-11,20-22H,12-16H2. The zero-order valence-corrected chi connectivity index (χ0v) is 15.3. The fourth-order valence-electron chi connectivity index (χ4n) is 4.30. The van der Waals surface area contributed by atoms with Crippen LogP contribution in [0.4, 0.5) is 4.39 Å². The Kier molecular flexibility index (Phi) is 5.35. The van der Waals surface area contributed by atoms with Gasteiger partial charge in [-0.2, -0.15) is 0 Å². The van der Waals surface area contributed by atoms with Crippen LogP contribution in [0.15, 0.2) is 60.7 Å². The zero-order valence-electron chi connectivity index (χ0n) is 15.3. The molecule has 0 radical (unpaired) electrons. The number of benzene rings is 2. The van der Waals surface area contributed by atoms with Crippen molar-refractivity contribution in [3.8, 4) is 0 Å². The fraction of sp³-hybridized carbons (Fsp3) is 0.348. The van der Waals surface area contributed by atoms with Crippen LogP contribution in [-0.2, 0) is 4.74 Å². The molecule has 2 unspecified atom stereocenters. The molecule has 2 aliphatic rings. The van der Waals surface area contributed by atoms with Gasteiger partial charge < -0.3 is 4.74 Å². The van der Waals surface area contributed by atoms with Crippen LogP contribution in [0.5, 0.6) is 0 Å². The first-order valence-corrected chi connectivity index (χ1v) is 9.63. The van der Waals surface area contributed by atoms with Crippen molar-refractivity contribution >= 4 is 12.0 Å². The largest absolute Gasteiger partial charge is 0.459 e. The molecular formula is C23H24FNO2. The lowest BCUT2D eigenvalue weighted by molar-refractivity contribution is -0.00342. The van der Waals surface area contributed by atoms with Gasteiger partial charge in [-0.05, 0) is 42.7 Å². The highest BCUT2D eigenvalue weighted by molar-refractivity contribution is 5.89. The Labute approximate surface area is 159 Å². The summed E-state index contributed by atoms with van der Waals surface area (Å²) in [7, 11) is 0. The molecule has 4 heteroatoms. The van der Waals surface area contributed by atoms with Crippen molar-refractivity contribution in [1.82, 2.24) is 4.90 Å². The first-order chi connectivity index (χ1) is 13.2. The third-order valence-corrected chi connectivity index (χ3v) is 5.62. The van der Waals surface area contributed by atoms with Crippen molar-refractivity contribution in [2.75, 3.05) is 6.54 Å². The predicted octanol–water partition coefficient (Wildman–Crippen LogP) is 4.69. The van der Waals surface area contributed by atoms with E-state index in [9.17, 15) is 9.18 Å². The lowest BCUT2D eigenvalue weighted by atomic mass is 9.99. The second-order valence-electron chi connectivity index (χ2n) is 7.40. The Balaban J connectivity index is 1.32. The second-order valence-corrected chi connectivity index (χ2v) is 7.40. The first-order valence-electron chi connectivity index (χ1n) is 9.63. The van der Waals surface area contributed by atoms with Crippen LogP contribution in [0.1, 0.15) is 41.6 Å². The monoisotopic (exact) mass is 365 g/mol. The van der Waals surface area contributed by atoms with Crippen LogP contribution in [0, 0.1) is 5.82 Å². The average molecular weight is 365 g/mol. The Morgan fingerprint density at radius 2 is 1.70 bits per heavy atom. The maximum Gasteiger partial charge on any atom is 0.338 e. The smallest absolute Gasteiger partial charge is 0.338 e. The van der Waals surface area contributed by atoms with E-state index in [0.717, 1.165) is 32.2 Å². The fourth-order valence-corrected chi connectivity index (χ4v) is 4.30. The van der Waals surface area contributed by atoms with E-state index in [1.807, 2.05) is 18.2 Å². The van der Waals surface area contributed by atoms with Crippen LogP contribution in [0.25, 0.3) is 6.08 Å². The van der Waals surface area contributed by atoms with Gasteiger partial charge in [-0.25, -0.2) is 9.18 Å². The van der Waals surface area contributed by atoms with Crippen molar-refractivity contribution < 1.29 is 13.9 Å². The van der Waals surface area contributed by atoms with Gasteiger partial charge in [0.05, 0.1) is 5.56 Å². The molecule has 0 spiro atoms. The highest BCUT2D eigenvalue weighted by atomic mass is 19.1. The summed E-state index contributed by atoms with van der Waals surface area (Å²) >= 11 is 0. The molecule has 0 N–H and O–H groups in total. The van der Waals surface area contributed by atoms with Crippen LogP contribution < -0.4 is 0 Å². The number of hydrogen-bond donors (Lipinski definition) is 0. The van der Waals surface area contributed by atoms with Crippen LogP contribution >= 0.6 is 0 Å². The molecule has 0 aliphatic carbocycles. The lowest BCUT2D eigenvalue weighted by Crippen LogP contribution is -2.45. The molecule has 140 valence electrons. The minimum absolute atomic E-state index is 0.0468. The average Bonchev–Trinajstić information content (AvgIpc) is 2.92. The van der Waals surface area contributed by atoms with Crippen LogP contribution in [0.2, 0.25) is 0 Å². The van der Waals surface area contributed by atoms with Gasteiger partial charge in [0.15, 0.2) is 0 Å². The van der Waals surface area contributed by atoms with Gasteiger partial charge in [-0.15, -0.1) is 0 Å². The predicted molar refractivity (Wildman–Crippen MR) is 104 cm³/mol. The second kappa shape index (κ2) is 8.05. The number of nitrogens with zero attached hydrogens (tertiary/aromatic N) is 1. The molecule has 2 aliphatic heterocycles. The van der Waals surface area contributed by atoms with Gasteiger partial charge in [-0.1, -0.05) is 42.5 Å². The molecule has 2 aromatic carbocycles. The normalized spacial score (nSPS) is 25.0. The van der Waals surface area contributed by atoms with E-state index < -0.39 is 0 Å². The molecule has 2 heterocycles. The molecule has 2 bridgehead atoms. The summed E-state index contributed by atoms with van der Waals surface area (Å²) in [5, 5.41) is 0. The maximum absolute atomic E-state index is 13.0.